The van der Waals surface area contributed by atoms with Crippen molar-refractivity contribution in [3.8, 4) is 11.5 Å². The van der Waals surface area contributed by atoms with Gasteiger partial charge in [0.2, 0.25) is 5.91 Å². The van der Waals surface area contributed by atoms with Gasteiger partial charge in [-0.05, 0) is 37.1 Å². The quantitative estimate of drug-likeness (QED) is 0.842. The van der Waals surface area contributed by atoms with Crippen molar-refractivity contribution in [2.45, 2.75) is 12.8 Å². The predicted octanol–water partition coefficient (Wildman–Crippen LogP) is 0.813. The van der Waals surface area contributed by atoms with Crippen molar-refractivity contribution in [1.29, 1.82) is 0 Å². The van der Waals surface area contributed by atoms with Gasteiger partial charge in [-0.1, -0.05) is 0 Å². The second-order valence-corrected chi connectivity index (χ2v) is 4.83. The fraction of sp³-hybridized carbons (Fsp3) is 0.467. The Balaban J connectivity index is 1.67. The van der Waals surface area contributed by atoms with Gasteiger partial charge in [-0.15, -0.1) is 0 Å². The van der Waals surface area contributed by atoms with Crippen molar-refractivity contribution in [2.24, 2.45) is 0 Å². The summed E-state index contributed by atoms with van der Waals surface area (Å²) in [5.74, 6) is 0.962. The van der Waals surface area contributed by atoms with Crippen LogP contribution in [0.4, 0.5) is 0 Å². The zero-order valence-electron chi connectivity index (χ0n) is 12.1. The average Bonchev–Trinajstić information content (AvgIpc) is 3.05. The Labute approximate surface area is 124 Å². The van der Waals surface area contributed by atoms with Crippen molar-refractivity contribution < 1.29 is 19.1 Å². The first-order valence-corrected chi connectivity index (χ1v) is 7.00. The summed E-state index contributed by atoms with van der Waals surface area (Å²) in [6.07, 6.45) is 2.08. The second-order valence-electron chi connectivity index (χ2n) is 4.83. The maximum atomic E-state index is 11.8. The maximum absolute atomic E-state index is 11.8. The molecule has 6 nitrogen and oxygen atoms in total. The molecule has 1 saturated heterocycles. The van der Waals surface area contributed by atoms with E-state index in [9.17, 15) is 9.59 Å². The Morgan fingerprint density at radius 2 is 1.76 bits per heavy atom. The summed E-state index contributed by atoms with van der Waals surface area (Å²) in [6.45, 7) is 1.50. The van der Waals surface area contributed by atoms with E-state index in [0.717, 1.165) is 31.7 Å². The van der Waals surface area contributed by atoms with E-state index in [1.807, 2.05) is 0 Å². The van der Waals surface area contributed by atoms with Crippen LogP contribution in [0.15, 0.2) is 24.3 Å². The Hall–Kier alpha value is -2.24. The summed E-state index contributed by atoms with van der Waals surface area (Å²) in [4.78, 5) is 25.1. The molecule has 0 aliphatic carbocycles. The lowest BCUT2D eigenvalue weighted by Crippen LogP contribution is -2.40. The van der Waals surface area contributed by atoms with Crippen LogP contribution in [-0.2, 0) is 9.59 Å². The van der Waals surface area contributed by atoms with Gasteiger partial charge < -0.3 is 19.7 Å². The van der Waals surface area contributed by atoms with E-state index in [4.69, 9.17) is 9.47 Å². The average molecular weight is 292 g/mol. The third kappa shape index (κ3) is 4.66. The molecule has 1 N–H and O–H groups in total. The van der Waals surface area contributed by atoms with Gasteiger partial charge in [0.15, 0.2) is 6.61 Å². The molecule has 0 radical (unpaired) electrons. The van der Waals surface area contributed by atoms with E-state index >= 15 is 0 Å². The highest BCUT2D eigenvalue weighted by molar-refractivity contribution is 5.85. The topological polar surface area (TPSA) is 67.9 Å². The van der Waals surface area contributed by atoms with Gasteiger partial charge in [0.05, 0.1) is 13.7 Å². The number of likely N-dealkylation sites (tertiary alicyclic amines) is 1. The van der Waals surface area contributed by atoms with Crippen LogP contribution in [-0.4, -0.2) is 50.1 Å². The summed E-state index contributed by atoms with van der Waals surface area (Å²) < 4.78 is 10.4. The smallest absolute Gasteiger partial charge is 0.258 e. The first-order valence-electron chi connectivity index (χ1n) is 7.00. The number of methoxy groups -OCH3 is 1. The summed E-state index contributed by atoms with van der Waals surface area (Å²) >= 11 is 0. The SMILES string of the molecule is COc1ccc(OCC(=O)NCC(=O)N2CCCC2)cc1. The van der Waals surface area contributed by atoms with Gasteiger partial charge in [-0.3, -0.25) is 9.59 Å². The molecule has 1 aliphatic heterocycles. The molecule has 0 bridgehead atoms. The van der Waals surface area contributed by atoms with Crippen LogP contribution in [0.3, 0.4) is 0 Å². The number of benzene rings is 1. The van der Waals surface area contributed by atoms with Crippen molar-refractivity contribution in [1.82, 2.24) is 10.2 Å². The highest BCUT2D eigenvalue weighted by atomic mass is 16.5. The van der Waals surface area contributed by atoms with Crippen LogP contribution in [0.1, 0.15) is 12.8 Å². The lowest BCUT2D eigenvalue weighted by Gasteiger charge is -2.15. The van der Waals surface area contributed by atoms with Crippen molar-refractivity contribution >= 4 is 11.8 Å². The van der Waals surface area contributed by atoms with E-state index < -0.39 is 0 Å². The van der Waals surface area contributed by atoms with Gasteiger partial charge in [-0.25, -0.2) is 0 Å². The summed E-state index contributed by atoms with van der Waals surface area (Å²) in [5.41, 5.74) is 0. The standard InChI is InChI=1S/C15H20N2O4/c1-20-12-4-6-13(7-5-12)21-11-14(18)16-10-15(19)17-8-2-3-9-17/h4-7H,2-3,8-11H2,1H3,(H,16,18). The van der Waals surface area contributed by atoms with E-state index in [1.54, 1.807) is 36.3 Å². The Kier molecular flexibility index (Phi) is 5.43. The number of carbonyl (C=O) groups excluding carboxylic acids is 2. The minimum absolute atomic E-state index is 0.0325. The molecule has 0 atom stereocenters. The normalized spacial score (nSPS) is 13.9. The molecule has 1 heterocycles. The Morgan fingerprint density at radius 3 is 2.38 bits per heavy atom. The molecule has 2 rings (SSSR count). The fourth-order valence-electron chi connectivity index (χ4n) is 2.12. The van der Waals surface area contributed by atoms with Crippen LogP contribution in [0.2, 0.25) is 0 Å². The third-order valence-corrected chi connectivity index (χ3v) is 3.32. The molecule has 114 valence electrons. The maximum Gasteiger partial charge on any atom is 0.258 e. The molecule has 1 aromatic rings. The van der Waals surface area contributed by atoms with Gasteiger partial charge >= 0.3 is 0 Å². The molecule has 21 heavy (non-hydrogen) atoms. The Bertz CT molecular complexity index is 481. The fourth-order valence-corrected chi connectivity index (χ4v) is 2.12. The van der Waals surface area contributed by atoms with Gasteiger partial charge in [0.1, 0.15) is 11.5 Å². The highest BCUT2D eigenvalue weighted by Gasteiger charge is 2.18. The molecule has 0 saturated carbocycles. The van der Waals surface area contributed by atoms with Gasteiger partial charge in [0, 0.05) is 13.1 Å². The molecule has 6 heteroatoms. The molecule has 0 unspecified atom stereocenters. The van der Waals surface area contributed by atoms with Crippen molar-refractivity contribution in [3.63, 3.8) is 0 Å². The monoisotopic (exact) mass is 292 g/mol. The number of hydrogen-bond donors (Lipinski definition) is 1. The predicted molar refractivity (Wildman–Crippen MR) is 77.3 cm³/mol. The first-order chi connectivity index (χ1) is 10.2. The van der Waals surface area contributed by atoms with Crippen LogP contribution in [0.25, 0.3) is 0 Å². The minimum Gasteiger partial charge on any atom is -0.497 e. The summed E-state index contributed by atoms with van der Waals surface area (Å²) in [6, 6.07) is 6.96. The molecule has 1 aliphatic rings. The van der Waals surface area contributed by atoms with Gasteiger partial charge in [-0.2, -0.15) is 0 Å². The number of amides is 2. The number of hydrogen-bond acceptors (Lipinski definition) is 4. The van der Waals surface area contributed by atoms with Crippen LogP contribution in [0, 0.1) is 0 Å². The zero-order chi connectivity index (χ0) is 15.1. The van der Waals surface area contributed by atoms with E-state index in [2.05, 4.69) is 5.32 Å². The number of carbonyl (C=O) groups is 2. The largest absolute Gasteiger partial charge is 0.497 e. The molecular formula is C15H20N2O4. The lowest BCUT2D eigenvalue weighted by atomic mass is 10.3. The molecule has 1 aromatic carbocycles. The molecule has 0 spiro atoms. The molecule has 1 fully saturated rings. The molecule has 2 amide bonds. The van der Waals surface area contributed by atoms with Crippen molar-refractivity contribution in [3.05, 3.63) is 24.3 Å². The number of nitrogens with zero attached hydrogens (tertiary/aromatic N) is 1. The minimum atomic E-state index is -0.307. The zero-order valence-corrected chi connectivity index (χ0v) is 12.1. The first kappa shape index (κ1) is 15.2. The second kappa shape index (κ2) is 7.52. The Morgan fingerprint density at radius 1 is 1.14 bits per heavy atom. The van der Waals surface area contributed by atoms with E-state index in [0.29, 0.717) is 5.75 Å². The molecular weight excluding hydrogens is 272 g/mol. The molecule has 0 aromatic heterocycles. The van der Waals surface area contributed by atoms with Gasteiger partial charge in [0.25, 0.3) is 5.91 Å². The van der Waals surface area contributed by atoms with E-state index in [-0.39, 0.29) is 25.0 Å². The third-order valence-electron chi connectivity index (χ3n) is 3.32. The number of nitrogens with one attached hydrogen (secondary N) is 1. The summed E-state index contributed by atoms with van der Waals surface area (Å²) in [5, 5.41) is 2.57. The van der Waals surface area contributed by atoms with Crippen molar-refractivity contribution in [2.75, 3.05) is 33.4 Å². The van der Waals surface area contributed by atoms with E-state index in [1.165, 1.54) is 0 Å². The highest BCUT2D eigenvalue weighted by Crippen LogP contribution is 2.16. The van der Waals surface area contributed by atoms with Crippen LogP contribution in [0.5, 0.6) is 11.5 Å². The number of rotatable bonds is 6. The lowest BCUT2D eigenvalue weighted by molar-refractivity contribution is -0.132. The summed E-state index contributed by atoms with van der Waals surface area (Å²) in [7, 11) is 1.58. The number of ether oxygens (including phenoxy) is 2. The van der Waals surface area contributed by atoms with Crippen LogP contribution >= 0.6 is 0 Å². The van der Waals surface area contributed by atoms with Crippen LogP contribution < -0.4 is 14.8 Å².